The number of hydrogen-bond acceptors (Lipinski definition) is 10. The standard InChI is InChI=1S/C47H51N3O10S3/c1-46(2)36-14-5-7-16-38(36)48(28-10-30-62(54,55)56)40(46)24-20-32-12-9-13-33(44(32)61-35-22-18-34(19-23-35)45(53)60-50-42(51)26-27-43(50)52)21-25-41-47(3,4)37-15-6-8-17-39(37)49(41)29-11-31-63(57,58)59/h5-8,14-25H,9-13,26-31H2,1-4H3,(H-,54,55,56,57,58,59)/p+1. The fourth-order valence-corrected chi connectivity index (χ4v) is 11.0. The van der Waals surface area contributed by atoms with Gasteiger partial charge in [0, 0.05) is 70.1 Å². The third-order valence-corrected chi connectivity index (χ3v) is 14.9. The summed E-state index contributed by atoms with van der Waals surface area (Å²) in [5.41, 5.74) is 7.62. The van der Waals surface area contributed by atoms with Gasteiger partial charge in [0.05, 0.1) is 22.5 Å². The van der Waals surface area contributed by atoms with Crippen LogP contribution in [-0.2, 0) is 45.5 Å². The first-order chi connectivity index (χ1) is 29.7. The van der Waals surface area contributed by atoms with Crippen LogP contribution >= 0.6 is 11.8 Å². The maximum atomic E-state index is 13.0. The molecule has 1 aliphatic carbocycles. The first-order valence-electron chi connectivity index (χ1n) is 21.0. The number of amides is 2. The van der Waals surface area contributed by atoms with E-state index in [-0.39, 0.29) is 42.8 Å². The Labute approximate surface area is 373 Å². The zero-order valence-electron chi connectivity index (χ0n) is 35.7. The van der Waals surface area contributed by atoms with Gasteiger partial charge >= 0.3 is 5.97 Å². The van der Waals surface area contributed by atoms with Crippen LogP contribution in [0.4, 0.5) is 11.4 Å². The van der Waals surface area contributed by atoms with Crippen molar-refractivity contribution in [3.8, 4) is 0 Å². The summed E-state index contributed by atoms with van der Waals surface area (Å²) >= 11 is 1.54. The second-order valence-corrected chi connectivity index (χ2v) is 21.4. The Bertz CT molecular complexity index is 2710. The highest BCUT2D eigenvalue weighted by molar-refractivity contribution is 8.03. The molecule has 13 nitrogen and oxygen atoms in total. The Morgan fingerprint density at radius 2 is 1.41 bits per heavy atom. The van der Waals surface area contributed by atoms with Gasteiger partial charge in [-0.2, -0.15) is 21.4 Å². The van der Waals surface area contributed by atoms with Crippen molar-refractivity contribution in [2.45, 2.75) is 88.4 Å². The van der Waals surface area contributed by atoms with Crippen LogP contribution in [0.25, 0.3) is 0 Å². The molecule has 0 spiro atoms. The van der Waals surface area contributed by atoms with Crippen LogP contribution in [0.1, 0.15) is 94.1 Å². The van der Waals surface area contributed by atoms with E-state index in [1.165, 1.54) is 0 Å². The number of allylic oxidation sites excluding steroid dienone is 7. The highest BCUT2D eigenvalue weighted by atomic mass is 32.2. The van der Waals surface area contributed by atoms with E-state index in [9.17, 15) is 40.3 Å². The maximum Gasteiger partial charge on any atom is 0.363 e. The van der Waals surface area contributed by atoms with E-state index in [1.54, 1.807) is 36.0 Å². The average molecular weight is 915 g/mol. The number of hydroxylamine groups is 2. The molecule has 0 aromatic heterocycles. The molecule has 3 heterocycles. The van der Waals surface area contributed by atoms with Crippen molar-refractivity contribution in [3.05, 3.63) is 136 Å². The van der Waals surface area contributed by atoms with Gasteiger partial charge in [-0.05, 0) is 92.6 Å². The molecular weight excluding hydrogens is 863 g/mol. The minimum Gasteiger partial charge on any atom is -0.344 e. The van der Waals surface area contributed by atoms with Crippen molar-refractivity contribution in [1.82, 2.24) is 5.06 Å². The highest BCUT2D eigenvalue weighted by Gasteiger charge is 2.44. The summed E-state index contributed by atoms with van der Waals surface area (Å²) in [5, 5.41) is 0.527. The first kappa shape index (κ1) is 45.9. The lowest BCUT2D eigenvalue weighted by Crippen LogP contribution is -2.32. The summed E-state index contributed by atoms with van der Waals surface area (Å²) in [7, 11) is -8.29. The Morgan fingerprint density at radius 3 is 2.10 bits per heavy atom. The van der Waals surface area contributed by atoms with E-state index in [0.717, 1.165) is 74.1 Å². The number of benzene rings is 3. The van der Waals surface area contributed by atoms with E-state index in [4.69, 9.17) is 4.84 Å². The molecule has 0 bridgehead atoms. The van der Waals surface area contributed by atoms with Crippen LogP contribution in [0.5, 0.6) is 0 Å². The van der Waals surface area contributed by atoms with Gasteiger partial charge in [-0.1, -0.05) is 74.2 Å². The van der Waals surface area contributed by atoms with Crippen LogP contribution < -0.4 is 4.90 Å². The topological polar surface area (TPSA) is 179 Å². The van der Waals surface area contributed by atoms with Gasteiger partial charge in [0.25, 0.3) is 32.1 Å². The number of anilines is 1. The summed E-state index contributed by atoms with van der Waals surface area (Å²) in [4.78, 5) is 46.3. The number of rotatable bonds is 15. The van der Waals surface area contributed by atoms with E-state index in [2.05, 4.69) is 73.6 Å². The fraction of sp³-hybridized carbons (Fsp3) is 0.362. The summed E-state index contributed by atoms with van der Waals surface area (Å²) in [6, 6.07) is 22.9. The molecule has 3 aromatic carbocycles. The quantitative estimate of drug-likeness (QED) is 0.0849. The number of carbonyl (C=O) groups is 3. The van der Waals surface area contributed by atoms with Crippen LogP contribution in [0, 0.1) is 0 Å². The zero-order chi connectivity index (χ0) is 45.3. The van der Waals surface area contributed by atoms with Crippen LogP contribution in [0.3, 0.4) is 0 Å². The molecule has 7 rings (SSSR count). The predicted molar refractivity (Wildman–Crippen MR) is 243 cm³/mol. The van der Waals surface area contributed by atoms with Crippen molar-refractivity contribution in [3.63, 3.8) is 0 Å². The smallest absolute Gasteiger partial charge is 0.344 e. The lowest BCUT2D eigenvalue weighted by Gasteiger charge is -2.27. The third kappa shape index (κ3) is 10.2. The fourth-order valence-electron chi connectivity index (χ4n) is 8.86. The molecule has 2 amide bonds. The summed E-state index contributed by atoms with van der Waals surface area (Å²) in [6.45, 7) is 9.33. The Morgan fingerprint density at radius 1 is 0.778 bits per heavy atom. The molecule has 0 saturated carbocycles. The molecule has 0 unspecified atom stereocenters. The molecule has 0 atom stereocenters. The lowest BCUT2D eigenvalue weighted by atomic mass is 9.81. The number of thioether (sulfide) groups is 1. The largest absolute Gasteiger partial charge is 0.363 e. The predicted octanol–water partition coefficient (Wildman–Crippen LogP) is 8.23. The van der Waals surface area contributed by atoms with Gasteiger partial charge < -0.3 is 9.74 Å². The van der Waals surface area contributed by atoms with Gasteiger partial charge in [0.15, 0.2) is 5.71 Å². The monoisotopic (exact) mass is 914 g/mol. The molecule has 2 N–H and O–H groups in total. The summed E-state index contributed by atoms with van der Waals surface area (Å²) in [5.74, 6) is -2.65. The molecule has 1 saturated heterocycles. The second-order valence-electron chi connectivity index (χ2n) is 17.1. The van der Waals surface area contributed by atoms with Gasteiger partial charge in [-0.15, -0.1) is 5.06 Å². The molecule has 1 fully saturated rings. The van der Waals surface area contributed by atoms with Crippen molar-refractivity contribution in [2.75, 3.05) is 29.5 Å². The normalized spacial score (nSPS) is 19.8. The highest BCUT2D eigenvalue weighted by Crippen LogP contribution is 2.49. The van der Waals surface area contributed by atoms with Gasteiger partial charge in [-0.25, -0.2) is 4.79 Å². The van der Waals surface area contributed by atoms with Gasteiger partial charge in [0.2, 0.25) is 5.69 Å². The van der Waals surface area contributed by atoms with Gasteiger partial charge in [-0.3, -0.25) is 18.7 Å². The second kappa shape index (κ2) is 18.2. The lowest BCUT2D eigenvalue weighted by molar-refractivity contribution is -0.437. The van der Waals surface area contributed by atoms with E-state index >= 15 is 0 Å². The molecule has 4 aliphatic rings. The Hall–Kier alpha value is -5.13. The first-order valence-corrected chi connectivity index (χ1v) is 25.0. The number of imide groups is 1. The van der Waals surface area contributed by atoms with Crippen molar-refractivity contribution in [2.24, 2.45) is 0 Å². The number of carbonyl (C=O) groups excluding carboxylic acids is 3. The minimum atomic E-state index is -4.15. The molecule has 3 aliphatic heterocycles. The molecule has 16 heteroatoms. The molecular formula is C47H52N3O10S3+. The Balaban J connectivity index is 1.28. The van der Waals surface area contributed by atoms with E-state index in [0.29, 0.717) is 18.2 Å². The maximum absolute atomic E-state index is 13.0. The molecule has 0 radical (unpaired) electrons. The number of para-hydroxylation sites is 2. The molecule has 3 aromatic rings. The molecule has 332 valence electrons. The number of hydrogen-bond donors (Lipinski definition) is 2. The van der Waals surface area contributed by atoms with Gasteiger partial charge in [0.1, 0.15) is 6.54 Å². The number of fused-ring (bicyclic) bond motifs is 2. The SMILES string of the molecule is CC1(C)C(=CC=C2CCCC(C=CC3=[N+](CCCS(=O)(=O)O)c4ccccc4C3(C)C)=C2Sc2ccc(C(=O)ON3C(=O)CCC3=O)cc2)N(CCCS(=O)(=O)O)c2ccccc21. The van der Waals surface area contributed by atoms with Crippen molar-refractivity contribution < 1.29 is 49.7 Å². The molecule has 63 heavy (non-hydrogen) atoms. The Kier molecular flexibility index (Phi) is 13.2. The van der Waals surface area contributed by atoms with E-state index < -0.39 is 48.8 Å². The van der Waals surface area contributed by atoms with Crippen LogP contribution in [0.2, 0.25) is 0 Å². The summed E-state index contributed by atoms with van der Waals surface area (Å²) in [6.07, 6.45) is 11.3. The van der Waals surface area contributed by atoms with Crippen molar-refractivity contribution in [1.29, 1.82) is 0 Å². The van der Waals surface area contributed by atoms with Crippen LogP contribution in [-0.4, -0.2) is 83.7 Å². The average Bonchev–Trinajstić information content (AvgIpc) is 3.74. The third-order valence-electron chi connectivity index (χ3n) is 12.0. The zero-order valence-corrected chi connectivity index (χ0v) is 38.2. The van der Waals surface area contributed by atoms with E-state index in [1.807, 2.05) is 36.4 Å². The number of nitrogens with zero attached hydrogens (tertiary/aromatic N) is 3. The van der Waals surface area contributed by atoms with Crippen LogP contribution in [0.15, 0.2) is 124 Å². The minimum absolute atomic E-state index is 0.00756. The summed E-state index contributed by atoms with van der Waals surface area (Å²) < 4.78 is 68.0. The van der Waals surface area contributed by atoms with Crippen molar-refractivity contribution >= 4 is 66.9 Å².